The zero-order chi connectivity index (χ0) is 17.1. The molecule has 1 aromatic carbocycles. The first-order chi connectivity index (χ1) is 10.8. The first-order valence-electron chi connectivity index (χ1n) is 6.61. The minimum absolute atomic E-state index is 0.0370. The number of nitro benzene ring substituents is 2. The molecule has 0 fully saturated rings. The Morgan fingerprint density at radius 3 is 2.26 bits per heavy atom. The van der Waals surface area contributed by atoms with Gasteiger partial charge in [0.1, 0.15) is 5.56 Å². The van der Waals surface area contributed by atoms with Crippen LogP contribution < -0.4 is 5.32 Å². The van der Waals surface area contributed by atoms with Crippen molar-refractivity contribution in [2.75, 3.05) is 5.32 Å². The van der Waals surface area contributed by atoms with Gasteiger partial charge in [-0.25, -0.2) is 0 Å². The average molecular weight is 319 g/mol. The molecular formula is C13H13N5O5. The molecule has 0 aliphatic carbocycles. The first kappa shape index (κ1) is 16.1. The van der Waals surface area contributed by atoms with Gasteiger partial charge in [0.05, 0.1) is 15.5 Å². The normalized spacial score (nSPS) is 10.3. The molecule has 0 saturated heterocycles. The van der Waals surface area contributed by atoms with Crippen LogP contribution >= 0.6 is 0 Å². The summed E-state index contributed by atoms with van der Waals surface area (Å²) < 4.78 is 1.54. The lowest BCUT2D eigenvalue weighted by Gasteiger charge is -2.06. The average Bonchev–Trinajstić information content (AvgIpc) is 2.97. The zero-order valence-corrected chi connectivity index (χ0v) is 12.3. The molecule has 0 spiro atoms. The number of rotatable bonds is 5. The molecular weight excluding hydrogens is 306 g/mol. The standard InChI is InChI=1S/C13H13N5O5/c1-3-16-5-4-10(15-16)13(19)14-9-6-11(17(20)21)8(2)12(7-9)18(22)23/h4-7H,3H2,1-2H3,(H,14,19). The molecule has 10 nitrogen and oxygen atoms in total. The van der Waals surface area contributed by atoms with Crippen LogP contribution in [0.15, 0.2) is 24.4 Å². The number of benzene rings is 1. The van der Waals surface area contributed by atoms with Crippen LogP contribution in [0, 0.1) is 27.2 Å². The van der Waals surface area contributed by atoms with Gasteiger partial charge in [-0.05, 0) is 19.9 Å². The Morgan fingerprint density at radius 1 is 1.26 bits per heavy atom. The van der Waals surface area contributed by atoms with Gasteiger partial charge in [0.2, 0.25) is 0 Å². The fourth-order valence-corrected chi connectivity index (χ4v) is 1.99. The summed E-state index contributed by atoms with van der Waals surface area (Å²) in [7, 11) is 0. The van der Waals surface area contributed by atoms with Crippen LogP contribution in [-0.4, -0.2) is 25.5 Å². The van der Waals surface area contributed by atoms with Crippen molar-refractivity contribution in [3.63, 3.8) is 0 Å². The van der Waals surface area contributed by atoms with Crippen molar-refractivity contribution in [1.82, 2.24) is 9.78 Å². The Bertz CT molecular complexity index is 763. The molecule has 2 aromatic rings. The van der Waals surface area contributed by atoms with Crippen LogP contribution in [0.2, 0.25) is 0 Å². The largest absolute Gasteiger partial charge is 0.320 e. The van der Waals surface area contributed by atoms with Crippen molar-refractivity contribution in [3.05, 3.63) is 55.9 Å². The van der Waals surface area contributed by atoms with E-state index in [4.69, 9.17) is 0 Å². The highest BCUT2D eigenvalue weighted by Crippen LogP contribution is 2.31. The number of hydrogen-bond donors (Lipinski definition) is 1. The summed E-state index contributed by atoms with van der Waals surface area (Å²) in [5, 5.41) is 28.4. The molecule has 0 aliphatic heterocycles. The van der Waals surface area contributed by atoms with Crippen LogP contribution in [0.5, 0.6) is 0 Å². The van der Waals surface area contributed by atoms with Crippen molar-refractivity contribution < 1.29 is 14.6 Å². The van der Waals surface area contributed by atoms with E-state index < -0.39 is 27.1 Å². The second-order valence-corrected chi connectivity index (χ2v) is 4.66. The van der Waals surface area contributed by atoms with Gasteiger partial charge in [-0.2, -0.15) is 5.10 Å². The van der Waals surface area contributed by atoms with Crippen LogP contribution in [-0.2, 0) is 6.54 Å². The summed E-state index contributed by atoms with van der Waals surface area (Å²) in [5.74, 6) is -0.607. The van der Waals surface area contributed by atoms with Crippen molar-refractivity contribution in [2.45, 2.75) is 20.4 Å². The molecule has 1 heterocycles. The van der Waals surface area contributed by atoms with Crippen molar-refractivity contribution in [1.29, 1.82) is 0 Å². The fourth-order valence-electron chi connectivity index (χ4n) is 1.99. The number of nitrogens with zero attached hydrogens (tertiary/aromatic N) is 4. The number of nitro groups is 2. The minimum Gasteiger partial charge on any atom is -0.320 e. The number of aromatic nitrogens is 2. The summed E-state index contributed by atoms with van der Waals surface area (Å²) in [4.78, 5) is 32.6. The highest BCUT2D eigenvalue weighted by Gasteiger charge is 2.24. The van der Waals surface area contributed by atoms with Crippen LogP contribution in [0.25, 0.3) is 0 Å². The lowest BCUT2D eigenvalue weighted by Crippen LogP contribution is -2.14. The highest BCUT2D eigenvalue weighted by atomic mass is 16.6. The van der Waals surface area contributed by atoms with Crippen LogP contribution in [0.1, 0.15) is 23.0 Å². The fraction of sp³-hybridized carbons (Fsp3) is 0.231. The molecule has 0 atom stereocenters. The molecule has 2 rings (SSSR count). The number of nitrogens with one attached hydrogen (secondary N) is 1. The van der Waals surface area contributed by atoms with E-state index in [1.54, 1.807) is 6.20 Å². The van der Waals surface area contributed by atoms with Gasteiger partial charge in [-0.1, -0.05) is 0 Å². The molecule has 0 unspecified atom stereocenters. The first-order valence-corrected chi connectivity index (χ1v) is 6.61. The predicted octanol–water partition coefficient (Wildman–Crippen LogP) is 2.28. The molecule has 1 N–H and O–H groups in total. The Morgan fingerprint density at radius 2 is 1.83 bits per heavy atom. The molecule has 23 heavy (non-hydrogen) atoms. The van der Waals surface area contributed by atoms with Crippen molar-refractivity contribution in [3.8, 4) is 0 Å². The Labute approximate surface area is 130 Å². The smallest absolute Gasteiger partial charge is 0.281 e. The van der Waals surface area contributed by atoms with Gasteiger partial charge < -0.3 is 5.32 Å². The molecule has 1 aromatic heterocycles. The van der Waals surface area contributed by atoms with E-state index in [2.05, 4.69) is 10.4 Å². The molecule has 10 heteroatoms. The van der Waals surface area contributed by atoms with E-state index in [1.807, 2.05) is 6.92 Å². The quantitative estimate of drug-likeness (QED) is 0.663. The third-order valence-electron chi connectivity index (χ3n) is 3.20. The van der Waals surface area contributed by atoms with Crippen LogP contribution in [0.3, 0.4) is 0 Å². The van der Waals surface area contributed by atoms with E-state index in [0.717, 1.165) is 12.1 Å². The number of anilines is 1. The van der Waals surface area contributed by atoms with Gasteiger partial charge >= 0.3 is 0 Å². The maximum atomic E-state index is 12.1. The highest BCUT2D eigenvalue weighted by molar-refractivity contribution is 6.03. The lowest BCUT2D eigenvalue weighted by molar-refractivity contribution is -0.395. The third kappa shape index (κ3) is 3.31. The number of carbonyl (C=O) groups is 1. The summed E-state index contributed by atoms with van der Waals surface area (Å²) in [6.45, 7) is 3.71. The molecule has 1 amide bonds. The van der Waals surface area contributed by atoms with Crippen LogP contribution in [0.4, 0.5) is 17.1 Å². The Hall–Kier alpha value is -3.30. The molecule has 0 radical (unpaired) electrons. The molecule has 0 aliphatic rings. The van der Waals surface area contributed by atoms with E-state index in [-0.39, 0.29) is 16.9 Å². The zero-order valence-electron chi connectivity index (χ0n) is 12.3. The summed E-state index contributed by atoms with van der Waals surface area (Å²) in [6, 6.07) is 3.64. The Kier molecular flexibility index (Phi) is 4.35. The maximum Gasteiger partial charge on any atom is 0.281 e. The van der Waals surface area contributed by atoms with E-state index in [1.165, 1.54) is 17.7 Å². The minimum atomic E-state index is -0.732. The number of hydrogen-bond acceptors (Lipinski definition) is 6. The van der Waals surface area contributed by atoms with Gasteiger partial charge in [0, 0.05) is 24.9 Å². The third-order valence-corrected chi connectivity index (χ3v) is 3.20. The maximum absolute atomic E-state index is 12.1. The number of amides is 1. The second kappa shape index (κ2) is 6.22. The molecule has 0 saturated carbocycles. The van der Waals surface area contributed by atoms with Gasteiger partial charge in [-0.3, -0.25) is 29.7 Å². The SMILES string of the molecule is CCn1ccc(C(=O)Nc2cc([N+](=O)[O-])c(C)c([N+](=O)[O-])c2)n1. The number of carbonyl (C=O) groups excluding carboxylic acids is 1. The summed E-state index contributed by atoms with van der Waals surface area (Å²) in [6.07, 6.45) is 1.61. The second-order valence-electron chi connectivity index (χ2n) is 4.66. The lowest BCUT2D eigenvalue weighted by atomic mass is 10.1. The predicted molar refractivity (Wildman–Crippen MR) is 80.3 cm³/mol. The van der Waals surface area contributed by atoms with Crippen molar-refractivity contribution >= 4 is 23.0 Å². The van der Waals surface area contributed by atoms with E-state index in [9.17, 15) is 25.0 Å². The summed E-state index contributed by atoms with van der Waals surface area (Å²) in [5.41, 5.74) is -0.877. The Balaban J connectivity index is 2.37. The monoisotopic (exact) mass is 319 g/mol. The molecule has 120 valence electrons. The topological polar surface area (TPSA) is 133 Å². The van der Waals surface area contributed by atoms with E-state index >= 15 is 0 Å². The van der Waals surface area contributed by atoms with Gasteiger partial charge in [-0.15, -0.1) is 0 Å². The number of aryl methyl sites for hydroxylation is 1. The molecule has 0 bridgehead atoms. The van der Waals surface area contributed by atoms with Gasteiger partial charge in [0.25, 0.3) is 17.3 Å². The summed E-state index contributed by atoms with van der Waals surface area (Å²) >= 11 is 0. The van der Waals surface area contributed by atoms with Gasteiger partial charge in [0.15, 0.2) is 5.69 Å². The van der Waals surface area contributed by atoms with Crippen molar-refractivity contribution in [2.24, 2.45) is 0 Å². The van der Waals surface area contributed by atoms with E-state index in [0.29, 0.717) is 6.54 Å².